The maximum Gasteiger partial charge on any atom is 0.317 e. The van der Waals surface area contributed by atoms with Crippen LogP contribution in [0.3, 0.4) is 0 Å². The van der Waals surface area contributed by atoms with Gasteiger partial charge in [-0.2, -0.15) is 0 Å². The molecular formula is C13H26N2O. The first-order valence-corrected chi connectivity index (χ1v) is 6.67. The van der Waals surface area contributed by atoms with Gasteiger partial charge in [0.25, 0.3) is 0 Å². The first kappa shape index (κ1) is 13.3. The van der Waals surface area contributed by atoms with Gasteiger partial charge in [0, 0.05) is 19.6 Å². The molecule has 0 aromatic heterocycles. The Hall–Kier alpha value is -0.730. The van der Waals surface area contributed by atoms with Crippen molar-refractivity contribution in [3.8, 4) is 0 Å². The van der Waals surface area contributed by atoms with E-state index in [-0.39, 0.29) is 6.03 Å². The zero-order valence-corrected chi connectivity index (χ0v) is 11.0. The van der Waals surface area contributed by atoms with Crippen molar-refractivity contribution in [2.24, 2.45) is 5.92 Å². The van der Waals surface area contributed by atoms with Crippen molar-refractivity contribution in [3.63, 3.8) is 0 Å². The van der Waals surface area contributed by atoms with Crippen LogP contribution in [-0.2, 0) is 0 Å². The number of urea groups is 1. The fraction of sp³-hybridized carbons (Fsp3) is 0.923. The molecule has 0 bridgehead atoms. The number of carbonyl (C=O) groups excluding carboxylic acids is 1. The van der Waals surface area contributed by atoms with Crippen molar-refractivity contribution in [1.29, 1.82) is 0 Å². The molecule has 3 heteroatoms. The van der Waals surface area contributed by atoms with E-state index in [1.165, 1.54) is 25.7 Å². The molecule has 3 nitrogen and oxygen atoms in total. The van der Waals surface area contributed by atoms with E-state index >= 15 is 0 Å². The third-order valence-corrected chi connectivity index (χ3v) is 3.69. The fourth-order valence-corrected chi connectivity index (χ4v) is 2.52. The van der Waals surface area contributed by atoms with Crippen LogP contribution in [0.4, 0.5) is 4.79 Å². The zero-order valence-electron chi connectivity index (χ0n) is 11.0. The predicted octanol–water partition coefficient (Wildman–Crippen LogP) is 3.01. The first-order chi connectivity index (χ1) is 7.66. The van der Waals surface area contributed by atoms with Gasteiger partial charge in [0.05, 0.1) is 0 Å². The maximum absolute atomic E-state index is 11.9. The number of nitrogens with zero attached hydrogens (tertiary/aromatic N) is 1. The van der Waals surface area contributed by atoms with Crippen molar-refractivity contribution < 1.29 is 4.79 Å². The number of carbonyl (C=O) groups is 1. The standard InChI is InChI=1S/C13H26N2O/c1-4-5-10-14-13(16)15(3)12-9-7-6-8-11(12)2/h11-12H,4-10H2,1-3H3,(H,14,16). The van der Waals surface area contributed by atoms with Crippen LogP contribution in [0.25, 0.3) is 0 Å². The van der Waals surface area contributed by atoms with Crippen LogP contribution in [0.15, 0.2) is 0 Å². The van der Waals surface area contributed by atoms with E-state index in [2.05, 4.69) is 19.2 Å². The van der Waals surface area contributed by atoms with Crippen LogP contribution >= 0.6 is 0 Å². The highest BCUT2D eigenvalue weighted by Crippen LogP contribution is 2.27. The van der Waals surface area contributed by atoms with Gasteiger partial charge in [0.2, 0.25) is 0 Å². The molecule has 0 heterocycles. The summed E-state index contributed by atoms with van der Waals surface area (Å²) in [6.45, 7) is 5.21. The minimum Gasteiger partial charge on any atom is -0.338 e. The van der Waals surface area contributed by atoms with Crippen LogP contribution < -0.4 is 5.32 Å². The molecule has 1 aliphatic rings. The van der Waals surface area contributed by atoms with Crippen LogP contribution in [-0.4, -0.2) is 30.6 Å². The summed E-state index contributed by atoms with van der Waals surface area (Å²) in [5.41, 5.74) is 0. The molecule has 2 unspecified atom stereocenters. The minimum absolute atomic E-state index is 0.104. The smallest absolute Gasteiger partial charge is 0.317 e. The van der Waals surface area contributed by atoms with Crippen LogP contribution in [0, 0.1) is 5.92 Å². The van der Waals surface area contributed by atoms with Gasteiger partial charge in [-0.1, -0.05) is 33.1 Å². The van der Waals surface area contributed by atoms with Crippen LogP contribution in [0.1, 0.15) is 52.4 Å². The lowest BCUT2D eigenvalue weighted by Crippen LogP contribution is -2.47. The lowest BCUT2D eigenvalue weighted by Gasteiger charge is -2.36. The molecule has 0 aliphatic heterocycles. The summed E-state index contributed by atoms with van der Waals surface area (Å²) in [5.74, 6) is 0.649. The van der Waals surface area contributed by atoms with Gasteiger partial charge in [-0.05, 0) is 25.2 Å². The molecule has 0 saturated heterocycles. The average Bonchev–Trinajstić information content (AvgIpc) is 2.29. The summed E-state index contributed by atoms with van der Waals surface area (Å²) in [7, 11) is 1.94. The number of amides is 2. The highest BCUT2D eigenvalue weighted by molar-refractivity contribution is 5.74. The van der Waals surface area contributed by atoms with Crippen molar-refractivity contribution in [1.82, 2.24) is 10.2 Å². The Morgan fingerprint density at radius 3 is 2.69 bits per heavy atom. The molecular weight excluding hydrogens is 200 g/mol. The van der Waals surface area contributed by atoms with E-state index in [1.807, 2.05) is 11.9 Å². The van der Waals surface area contributed by atoms with Crippen molar-refractivity contribution in [2.75, 3.05) is 13.6 Å². The molecule has 0 radical (unpaired) electrons. The lowest BCUT2D eigenvalue weighted by molar-refractivity contribution is 0.145. The molecule has 1 saturated carbocycles. The highest BCUT2D eigenvalue weighted by Gasteiger charge is 2.27. The highest BCUT2D eigenvalue weighted by atomic mass is 16.2. The average molecular weight is 226 g/mol. The van der Waals surface area contributed by atoms with Gasteiger partial charge in [-0.25, -0.2) is 4.79 Å². The quantitative estimate of drug-likeness (QED) is 0.734. The monoisotopic (exact) mass is 226 g/mol. The van der Waals surface area contributed by atoms with Gasteiger partial charge in [-0.15, -0.1) is 0 Å². The maximum atomic E-state index is 11.9. The van der Waals surface area contributed by atoms with E-state index in [9.17, 15) is 4.79 Å². The molecule has 1 N–H and O–H groups in total. The van der Waals surface area contributed by atoms with Gasteiger partial charge in [0.15, 0.2) is 0 Å². The Bertz CT molecular complexity index is 218. The molecule has 0 aromatic carbocycles. The van der Waals surface area contributed by atoms with Gasteiger partial charge < -0.3 is 10.2 Å². The second-order valence-electron chi connectivity index (χ2n) is 5.03. The molecule has 1 rings (SSSR count). The summed E-state index contributed by atoms with van der Waals surface area (Å²) in [5, 5.41) is 2.99. The fourth-order valence-electron chi connectivity index (χ4n) is 2.52. The van der Waals surface area contributed by atoms with Crippen molar-refractivity contribution >= 4 is 6.03 Å². The Morgan fingerprint density at radius 1 is 1.38 bits per heavy atom. The van der Waals surface area contributed by atoms with Crippen LogP contribution in [0.5, 0.6) is 0 Å². The van der Waals surface area contributed by atoms with Crippen molar-refractivity contribution in [3.05, 3.63) is 0 Å². The number of unbranched alkanes of at least 4 members (excludes halogenated alkanes) is 1. The Kier molecular flexibility index (Phi) is 5.64. The Labute approximate surface area is 99.6 Å². The van der Waals surface area contributed by atoms with Crippen molar-refractivity contribution in [2.45, 2.75) is 58.4 Å². The lowest BCUT2D eigenvalue weighted by atomic mass is 9.85. The number of hydrogen-bond donors (Lipinski definition) is 1. The molecule has 2 atom stereocenters. The topological polar surface area (TPSA) is 32.3 Å². The third kappa shape index (κ3) is 3.69. The van der Waals surface area contributed by atoms with Crippen LogP contribution in [0.2, 0.25) is 0 Å². The number of rotatable bonds is 4. The zero-order chi connectivity index (χ0) is 12.0. The summed E-state index contributed by atoms with van der Waals surface area (Å²) in [6.07, 6.45) is 7.21. The number of nitrogens with one attached hydrogen (secondary N) is 1. The normalized spacial score (nSPS) is 25.2. The minimum atomic E-state index is 0.104. The molecule has 0 spiro atoms. The summed E-state index contributed by atoms with van der Waals surface area (Å²) in [4.78, 5) is 13.8. The largest absolute Gasteiger partial charge is 0.338 e. The van der Waals surface area contributed by atoms with E-state index in [0.717, 1.165) is 19.4 Å². The van der Waals surface area contributed by atoms with E-state index in [4.69, 9.17) is 0 Å². The second kappa shape index (κ2) is 6.77. The molecule has 94 valence electrons. The first-order valence-electron chi connectivity index (χ1n) is 6.67. The summed E-state index contributed by atoms with van der Waals surface area (Å²) in [6, 6.07) is 0.544. The molecule has 1 aliphatic carbocycles. The third-order valence-electron chi connectivity index (χ3n) is 3.69. The van der Waals surface area contributed by atoms with Gasteiger partial charge >= 0.3 is 6.03 Å². The molecule has 0 aromatic rings. The summed E-state index contributed by atoms with van der Waals surface area (Å²) >= 11 is 0. The molecule has 16 heavy (non-hydrogen) atoms. The second-order valence-corrected chi connectivity index (χ2v) is 5.03. The van der Waals surface area contributed by atoms with Gasteiger partial charge in [-0.3, -0.25) is 0 Å². The Balaban J connectivity index is 2.36. The summed E-state index contributed by atoms with van der Waals surface area (Å²) < 4.78 is 0. The van der Waals surface area contributed by atoms with E-state index in [1.54, 1.807) is 0 Å². The molecule has 1 fully saturated rings. The number of hydrogen-bond acceptors (Lipinski definition) is 1. The SMILES string of the molecule is CCCCNC(=O)N(C)C1CCCCC1C. The van der Waals surface area contributed by atoms with E-state index in [0.29, 0.717) is 12.0 Å². The predicted molar refractivity (Wildman–Crippen MR) is 67.5 cm³/mol. The Morgan fingerprint density at radius 2 is 2.06 bits per heavy atom. The van der Waals surface area contributed by atoms with E-state index < -0.39 is 0 Å². The van der Waals surface area contributed by atoms with Gasteiger partial charge in [0.1, 0.15) is 0 Å². The molecule has 2 amide bonds.